The van der Waals surface area contributed by atoms with Gasteiger partial charge in [-0.3, -0.25) is 4.79 Å². The summed E-state index contributed by atoms with van der Waals surface area (Å²) in [5.41, 5.74) is 0.310. The van der Waals surface area contributed by atoms with Gasteiger partial charge in [-0.1, -0.05) is 12.1 Å². The van der Waals surface area contributed by atoms with Crippen LogP contribution >= 0.6 is 0 Å². The van der Waals surface area contributed by atoms with Crippen LogP contribution in [0.1, 0.15) is 0 Å². The zero-order valence-corrected chi connectivity index (χ0v) is 9.97. The summed E-state index contributed by atoms with van der Waals surface area (Å²) in [6.07, 6.45) is 1.11. The summed E-state index contributed by atoms with van der Waals surface area (Å²) in [4.78, 5) is 11.4. The summed E-state index contributed by atoms with van der Waals surface area (Å²) in [5.74, 6) is -0.279. The third kappa shape index (κ3) is 3.32. The zero-order chi connectivity index (χ0) is 12.2. The van der Waals surface area contributed by atoms with Gasteiger partial charge in [0.1, 0.15) is 0 Å². The number of amides is 1. The largest absolute Gasteiger partial charge is 0.324 e. The summed E-state index contributed by atoms with van der Waals surface area (Å²) in [5, 5.41) is 5.22. The van der Waals surface area contributed by atoms with E-state index in [-0.39, 0.29) is 17.3 Å². The molecule has 1 aromatic carbocycles. The van der Waals surface area contributed by atoms with E-state index in [2.05, 4.69) is 10.6 Å². The van der Waals surface area contributed by atoms with E-state index in [1.165, 1.54) is 6.07 Å². The standard InChI is InChI=1S/C10H14N2O3S/c1-11-7-10(13)12-8-5-3-4-6-9(8)16(2,14)15/h3-6,11H,7H2,1-2H3,(H,12,13). The number of carbonyl (C=O) groups excluding carboxylic acids is 1. The highest BCUT2D eigenvalue weighted by molar-refractivity contribution is 7.90. The van der Waals surface area contributed by atoms with Crippen LogP contribution in [0.4, 0.5) is 5.69 Å². The highest BCUT2D eigenvalue weighted by Crippen LogP contribution is 2.20. The van der Waals surface area contributed by atoms with Crippen molar-refractivity contribution in [3.63, 3.8) is 0 Å². The zero-order valence-electron chi connectivity index (χ0n) is 9.15. The van der Waals surface area contributed by atoms with Crippen LogP contribution in [0.3, 0.4) is 0 Å². The Labute approximate surface area is 94.8 Å². The number of nitrogens with one attached hydrogen (secondary N) is 2. The highest BCUT2D eigenvalue weighted by atomic mass is 32.2. The molecule has 16 heavy (non-hydrogen) atoms. The van der Waals surface area contributed by atoms with Gasteiger partial charge in [-0.25, -0.2) is 8.42 Å². The molecule has 0 bridgehead atoms. The molecule has 1 amide bonds. The lowest BCUT2D eigenvalue weighted by molar-refractivity contribution is -0.115. The van der Waals surface area contributed by atoms with E-state index < -0.39 is 9.84 Å². The SMILES string of the molecule is CNCC(=O)Nc1ccccc1S(C)(=O)=O. The quantitative estimate of drug-likeness (QED) is 0.793. The number of likely N-dealkylation sites (N-methyl/N-ethyl adjacent to an activating group) is 1. The van der Waals surface area contributed by atoms with Crippen LogP contribution in [0.5, 0.6) is 0 Å². The average molecular weight is 242 g/mol. The molecule has 88 valence electrons. The smallest absolute Gasteiger partial charge is 0.238 e. The summed E-state index contributed by atoms with van der Waals surface area (Å²) in [6, 6.07) is 6.31. The minimum atomic E-state index is -3.33. The van der Waals surface area contributed by atoms with Crippen molar-refractivity contribution < 1.29 is 13.2 Å². The fraction of sp³-hybridized carbons (Fsp3) is 0.300. The number of hydrogen-bond donors (Lipinski definition) is 2. The number of carbonyl (C=O) groups is 1. The van der Waals surface area contributed by atoms with Crippen LogP contribution in [-0.4, -0.2) is 34.2 Å². The molecule has 0 saturated carbocycles. The van der Waals surface area contributed by atoms with Crippen LogP contribution in [0.15, 0.2) is 29.2 Å². The Morgan fingerprint density at radius 2 is 1.94 bits per heavy atom. The molecule has 0 aromatic heterocycles. The van der Waals surface area contributed by atoms with Crippen molar-refractivity contribution in [2.45, 2.75) is 4.90 Å². The molecule has 6 heteroatoms. The molecule has 0 aliphatic heterocycles. The molecule has 2 N–H and O–H groups in total. The molecule has 0 fully saturated rings. The third-order valence-corrected chi connectivity index (χ3v) is 3.05. The number of para-hydroxylation sites is 1. The van der Waals surface area contributed by atoms with Crippen LogP contribution in [0.2, 0.25) is 0 Å². The van der Waals surface area contributed by atoms with Gasteiger partial charge in [0.05, 0.1) is 17.1 Å². The summed E-state index contributed by atoms with van der Waals surface area (Å²) in [6.45, 7) is 0.137. The van der Waals surface area contributed by atoms with Gasteiger partial charge in [0.2, 0.25) is 5.91 Å². The first-order chi connectivity index (χ1) is 7.45. The number of benzene rings is 1. The Bertz CT molecular complexity index is 483. The summed E-state index contributed by atoms with van der Waals surface area (Å²) < 4.78 is 22.9. The molecule has 1 rings (SSSR count). The van der Waals surface area contributed by atoms with Gasteiger partial charge < -0.3 is 10.6 Å². The fourth-order valence-electron chi connectivity index (χ4n) is 1.25. The predicted molar refractivity (Wildman–Crippen MR) is 62.1 cm³/mol. The minimum absolute atomic E-state index is 0.124. The lowest BCUT2D eigenvalue weighted by Gasteiger charge is -2.09. The van der Waals surface area contributed by atoms with E-state index >= 15 is 0 Å². The molecule has 0 saturated heterocycles. The molecule has 0 atom stereocenters. The first kappa shape index (κ1) is 12.7. The Morgan fingerprint density at radius 1 is 1.31 bits per heavy atom. The van der Waals surface area contributed by atoms with Gasteiger partial charge in [0.15, 0.2) is 9.84 Å². The van der Waals surface area contributed by atoms with Crippen molar-refractivity contribution in [2.24, 2.45) is 0 Å². The number of rotatable bonds is 4. The topological polar surface area (TPSA) is 75.3 Å². The molecule has 1 aromatic rings. The Hall–Kier alpha value is -1.40. The van der Waals surface area contributed by atoms with Gasteiger partial charge in [0.25, 0.3) is 0 Å². The second-order valence-electron chi connectivity index (χ2n) is 3.35. The monoisotopic (exact) mass is 242 g/mol. The van der Waals surface area contributed by atoms with Crippen molar-refractivity contribution in [3.05, 3.63) is 24.3 Å². The molecule has 0 aliphatic carbocycles. The lowest BCUT2D eigenvalue weighted by atomic mass is 10.3. The van der Waals surface area contributed by atoms with Crippen molar-refractivity contribution >= 4 is 21.4 Å². The molecule has 0 aliphatic rings. The van der Waals surface area contributed by atoms with Crippen molar-refractivity contribution in [1.82, 2.24) is 5.32 Å². The second-order valence-corrected chi connectivity index (χ2v) is 5.33. The molecular formula is C10H14N2O3S. The molecule has 5 nitrogen and oxygen atoms in total. The van der Waals surface area contributed by atoms with Crippen LogP contribution in [0, 0.1) is 0 Å². The molecule has 0 radical (unpaired) electrons. The van der Waals surface area contributed by atoms with E-state index in [0.717, 1.165) is 6.26 Å². The van der Waals surface area contributed by atoms with Crippen LogP contribution in [-0.2, 0) is 14.6 Å². The summed E-state index contributed by atoms with van der Waals surface area (Å²) >= 11 is 0. The Morgan fingerprint density at radius 3 is 2.50 bits per heavy atom. The minimum Gasteiger partial charge on any atom is -0.324 e. The molecular weight excluding hydrogens is 228 g/mol. The highest BCUT2D eigenvalue weighted by Gasteiger charge is 2.13. The third-order valence-electron chi connectivity index (χ3n) is 1.90. The van der Waals surface area contributed by atoms with Crippen LogP contribution in [0.25, 0.3) is 0 Å². The van der Waals surface area contributed by atoms with E-state index in [1.54, 1.807) is 25.2 Å². The average Bonchev–Trinajstić information content (AvgIpc) is 2.17. The Kier molecular flexibility index (Phi) is 4.03. The van der Waals surface area contributed by atoms with Gasteiger partial charge in [-0.15, -0.1) is 0 Å². The fourth-order valence-corrected chi connectivity index (χ4v) is 2.09. The van der Waals surface area contributed by atoms with Crippen molar-refractivity contribution in [2.75, 3.05) is 25.2 Å². The number of hydrogen-bond acceptors (Lipinski definition) is 4. The molecule has 0 spiro atoms. The van der Waals surface area contributed by atoms with Gasteiger partial charge in [-0.2, -0.15) is 0 Å². The maximum atomic E-state index is 11.4. The van der Waals surface area contributed by atoms with Crippen molar-refractivity contribution in [1.29, 1.82) is 0 Å². The first-order valence-electron chi connectivity index (χ1n) is 4.68. The van der Waals surface area contributed by atoms with Crippen LogP contribution < -0.4 is 10.6 Å². The number of sulfone groups is 1. The normalized spacial score (nSPS) is 11.1. The second kappa shape index (κ2) is 5.09. The van der Waals surface area contributed by atoms with E-state index in [9.17, 15) is 13.2 Å². The van der Waals surface area contributed by atoms with E-state index in [4.69, 9.17) is 0 Å². The molecule has 0 unspecified atom stereocenters. The van der Waals surface area contributed by atoms with Gasteiger partial charge in [0, 0.05) is 6.26 Å². The predicted octanol–water partition coefficient (Wildman–Crippen LogP) is 0.248. The van der Waals surface area contributed by atoms with E-state index in [1.807, 2.05) is 0 Å². The number of anilines is 1. The molecule has 0 heterocycles. The lowest BCUT2D eigenvalue weighted by Crippen LogP contribution is -2.25. The summed E-state index contributed by atoms with van der Waals surface area (Å²) in [7, 11) is -1.69. The van der Waals surface area contributed by atoms with E-state index in [0.29, 0.717) is 5.69 Å². The maximum absolute atomic E-state index is 11.4. The maximum Gasteiger partial charge on any atom is 0.238 e. The Balaban J connectivity index is 3.01. The first-order valence-corrected chi connectivity index (χ1v) is 6.58. The van der Waals surface area contributed by atoms with Gasteiger partial charge in [-0.05, 0) is 19.2 Å². The van der Waals surface area contributed by atoms with Crippen molar-refractivity contribution in [3.8, 4) is 0 Å². The van der Waals surface area contributed by atoms with Gasteiger partial charge >= 0.3 is 0 Å².